The molecule has 1 fully saturated rings. The van der Waals surface area contributed by atoms with Gasteiger partial charge in [-0.05, 0) is 37.8 Å². The minimum atomic E-state index is -1.25. The molecule has 4 nitrogen and oxygen atoms in total. The van der Waals surface area contributed by atoms with Crippen LogP contribution in [0.2, 0.25) is 0 Å². The molecule has 0 spiro atoms. The third-order valence-electron chi connectivity index (χ3n) is 4.33. The van der Waals surface area contributed by atoms with Crippen LogP contribution < -0.4 is 10.2 Å². The van der Waals surface area contributed by atoms with Crippen molar-refractivity contribution in [1.82, 2.24) is 0 Å². The van der Waals surface area contributed by atoms with Crippen LogP contribution >= 0.6 is 0 Å². The quantitative estimate of drug-likeness (QED) is 0.874. The van der Waals surface area contributed by atoms with E-state index in [1.165, 1.54) is 12.5 Å². The first-order valence-electron chi connectivity index (χ1n) is 7.20. The van der Waals surface area contributed by atoms with E-state index in [-0.39, 0.29) is 5.82 Å². The Balaban J connectivity index is 1.99. The topological polar surface area (TPSA) is 52.6 Å². The molecule has 0 aromatic heterocycles. The molecule has 3 rings (SSSR count). The first-order chi connectivity index (χ1) is 9.61. The number of fused-ring (bicyclic) bond motifs is 1. The molecule has 2 aliphatic heterocycles. The molecule has 0 radical (unpaired) electrons. The highest BCUT2D eigenvalue weighted by molar-refractivity contribution is 6.02. The summed E-state index contributed by atoms with van der Waals surface area (Å²) < 4.78 is 14.3. The van der Waals surface area contributed by atoms with Gasteiger partial charge in [0.25, 0.3) is 5.91 Å². The van der Waals surface area contributed by atoms with Gasteiger partial charge < -0.3 is 15.3 Å². The third-order valence-corrected chi connectivity index (χ3v) is 4.33. The van der Waals surface area contributed by atoms with Gasteiger partial charge in [0.1, 0.15) is 5.82 Å². The molecule has 2 unspecified atom stereocenters. The van der Waals surface area contributed by atoms with Gasteiger partial charge >= 0.3 is 0 Å². The van der Waals surface area contributed by atoms with Gasteiger partial charge in [0.2, 0.25) is 0 Å². The zero-order valence-electron chi connectivity index (χ0n) is 11.5. The van der Waals surface area contributed by atoms with Crippen LogP contribution in [0.3, 0.4) is 0 Å². The molecule has 108 valence electrons. The van der Waals surface area contributed by atoms with E-state index in [4.69, 9.17) is 0 Å². The number of benzene rings is 1. The second-order valence-corrected chi connectivity index (χ2v) is 5.53. The summed E-state index contributed by atoms with van der Waals surface area (Å²) in [5.74, 6) is -0.845. The van der Waals surface area contributed by atoms with Gasteiger partial charge in [0.05, 0.1) is 5.69 Å². The number of piperidine rings is 1. The molecule has 0 aliphatic carbocycles. The van der Waals surface area contributed by atoms with Gasteiger partial charge in [-0.25, -0.2) is 4.39 Å². The molecule has 0 saturated carbocycles. The van der Waals surface area contributed by atoms with E-state index in [0.717, 1.165) is 25.8 Å². The molecule has 20 heavy (non-hydrogen) atoms. The molecular weight excluding hydrogens is 259 g/mol. The van der Waals surface area contributed by atoms with Gasteiger partial charge in [0, 0.05) is 23.8 Å². The Labute approximate surface area is 117 Å². The Morgan fingerprint density at radius 2 is 2.25 bits per heavy atom. The van der Waals surface area contributed by atoms with E-state index < -0.39 is 12.0 Å². The second-order valence-electron chi connectivity index (χ2n) is 5.53. The maximum Gasteiger partial charge on any atom is 0.257 e. The third kappa shape index (κ3) is 2.06. The van der Waals surface area contributed by atoms with Crippen molar-refractivity contribution in [2.45, 2.75) is 44.8 Å². The Morgan fingerprint density at radius 3 is 3.00 bits per heavy atom. The van der Waals surface area contributed by atoms with Crippen LogP contribution in [0.25, 0.3) is 0 Å². The largest absolute Gasteiger partial charge is 0.378 e. The highest BCUT2D eigenvalue weighted by atomic mass is 19.1. The highest BCUT2D eigenvalue weighted by Gasteiger charge is 2.32. The van der Waals surface area contributed by atoms with Crippen molar-refractivity contribution in [3.05, 3.63) is 23.5 Å². The van der Waals surface area contributed by atoms with Gasteiger partial charge in [-0.3, -0.25) is 4.79 Å². The van der Waals surface area contributed by atoms with Crippen LogP contribution in [0.1, 0.15) is 44.3 Å². The number of carbonyl (C=O) groups is 1. The van der Waals surface area contributed by atoms with Crippen LogP contribution in [0.4, 0.5) is 15.8 Å². The van der Waals surface area contributed by atoms with Crippen LogP contribution in [0, 0.1) is 5.82 Å². The molecule has 2 N–H and O–H groups in total. The molecule has 1 aromatic carbocycles. The number of nitrogens with zero attached hydrogens (tertiary/aromatic N) is 1. The van der Waals surface area contributed by atoms with Gasteiger partial charge in [-0.1, -0.05) is 6.92 Å². The first-order valence-corrected chi connectivity index (χ1v) is 7.20. The minimum absolute atomic E-state index is 0.335. The summed E-state index contributed by atoms with van der Waals surface area (Å²) in [6.07, 6.45) is 3.03. The lowest BCUT2D eigenvalue weighted by molar-refractivity contribution is -0.123. The second kappa shape index (κ2) is 5.05. The smallest absolute Gasteiger partial charge is 0.257 e. The van der Waals surface area contributed by atoms with Crippen LogP contribution in [0.5, 0.6) is 0 Å². The number of amides is 1. The zero-order chi connectivity index (χ0) is 14.3. The summed E-state index contributed by atoms with van der Waals surface area (Å²) in [6, 6.07) is 3.29. The number of anilines is 2. The fourth-order valence-electron chi connectivity index (χ4n) is 3.22. The van der Waals surface area contributed by atoms with E-state index >= 15 is 0 Å². The van der Waals surface area contributed by atoms with Crippen LogP contribution in [0.15, 0.2) is 12.1 Å². The summed E-state index contributed by atoms with van der Waals surface area (Å²) in [7, 11) is 0. The zero-order valence-corrected chi connectivity index (χ0v) is 11.5. The highest BCUT2D eigenvalue weighted by Crippen LogP contribution is 2.38. The fourth-order valence-corrected chi connectivity index (χ4v) is 3.22. The molecule has 2 heterocycles. The average Bonchev–Trinajstić information content (AvgIpc) is 2.73. The molecule has 1 saturated heterocycles. The lowest BCUT2D eigenvalue weighted by atomic mass is 9.98. The summed E-state index contributed by atoms with van der Waals surface area (Å²) >= 11 is 0. The van der Waals surface area contributed by atoms with E-state index in [9.17, 15) is 14.3 Å². The van der Waals surface area contributed by atoms with Crippen molar-refractivity contribution in [2.24, 2.45) is 0 Å². The maximum atomic E-state index is 14.3. The summed E-state index contributed by atoms with van der Waals surface area (Å²) in [5, 5.41) is 12.3. The molecule has 1 aromatic rings. The summed E-state index contributed by atoms with van der Waals surface area (Å²) in [4.78, 5) is 13.5. The van der Waals surface area contributed by atoms with E-state index in [0.29, 0.717) is 23.0 Å². The Morgan fingerprint density at radius 1 is 1.45 bits per heavy atom. The number of aliphatic hydroxyl groups excluding tert-OH is 1. The monoisotopic (exact) mass is 278 g/mol. The lowest BCUT2D eigenvalue weighted by Crippen LogP contribution is -2.39. The van der Waals surface area contributed by atoms with Gasteiger partial charge in [0.15, 0.2) is 6.10 Å². The number of hydrogen-bond acceptors (Lipinski definition) is 3. The lowest BCUT2D eigenvalue weighted by Gasteiger charge is -2.37. The number of nitrogens with one attached hydrogen (secondary N) is 1. The molecule has 2 aliphatic rings. The van der Waals surface area contributed by atoms with E-state index in [1.807, 2.05) is 0 Å². The van der Waals surface area contributed by atoms with E-state index in [2.05, 4.69) is 17.1 Å². The van der Waals surface area contributed by atoms with Crippen LogP contribution in [-0.2, 0) is 4.79 Å². The average molecular weight is 278 g/mol. The predicted octanol–water partition coefficient (Wildman–Crippen LogP) is 2.58. The molecule has 1 amide bonds. The normalized spacial score (nSPS) is 25.6. The molecular formula is C15H19FN2O2. The fraction of sp³-hybridized carbons (Fsp3) is 0.533. The molecule has 2 atom stereocenters. The number of halogens is 1. The number of aliphatic hydroxyl groups is 1. The van der Waals surface area contributed by atoms with Crippen LogP contribution in [-0.4, -0.2) is 23.6 Å². The van der Waals surface area contributed by atoms with Crippen molar-refractivity contribution >= 4 is 17.3 Å². The number of hydrogen-bond donors (Lipinski definition) is 2. The standard InChI is InChI=1S/C15H19FN2O2/c1-2-9-5-3-4-6-18(9)13-8-12-10(7-11(13)16)14(19)15(20)17-12/h7-9,14,19H,2-6H2,1H3,(H,17,20). The Bertz CT molecular complexity index is 547. The van der Waals surface area contributed by atoms with Crippen molar-refractivity contribution in [2.75, 3.05) is 16.8 Å². The first kappa shape index (κ1) is 13.4. The minimum Gasteiger partial charge on any atom is -0.378 e. The summed E-state index contributed by atoms with van der Waals surface area (Å²) in [5.41, 5.74) is 1.39. The molecule has 0 bridgehead atoms. The predicted molar refractivity (Wildman–Crippen MR) is 75.3 cm³/mol. The van der Waals surface area contributed by atoms with Crippen molar-refractivity contribution in [1.29, 1.82) is 0 Å². The van der Waals surface area contributed by atoms with Crippen molar-refractivity contribution in [3.8, 4) is 0 Å². The number of rotatable bonds is 2. The Kier molecular flexibility index (Phi) is 3.38. The summed E-state index contributed by atoms with van der Waals surface area (Å²) in [6.45, 7) is 2.95. The molecule has 5 heteroatoms. The van der Waals surface area contributed by atoms with E-state index in [1.54, 1.807) is 6.07 Å². The van der Waals surface area contributed by atoms with Gasteiger partial charge in [-0.2, -0.15) is 0 Å². The SMILES string of the molecule is CCC1CCCCN1c1cc2c(cc1F)C(O)C(=O)N2. The van der Waals surface area contributed by atoms with Gasteiger partial charge in [-0.15, -0.1) is 0 Å². The van der Waals surface area contributed by atoms with Crippen molar-refractivity contribution in [3.63, 3.8) is 0 Å². The van der Waals surface area contributed by atoms with Crippen molar-refractivity contribution < 1.29 is 14.3 Å². The maximum absolute atomic E-state index is 14.3. The number of carbonyl (C=O) groups excluding carboxylic acids is 1. The Hall–Kier alpha value is -1.62.